The maximum Gasteiger partial charge on any atom is 0.230 e. The molecule has 2 aromatic carbocycles. The van der Waals surface area contributed by atoms with Crippen LogP contribution in [0.5, 0.6) is 0 Å². The van der Waals surface area contributed by atoms with Gasteiger partial charge in [-0.1, -0.05) is 61.8 Å². The Morgan fingerprint density at radius 3 is 2.48 bits per heavy atom. The maximum atomic E-state index is 12.5. The van der Waals surface area contributed by atoms with Gasteiger partial charge in [-0.2, -0.15) is 0 Å². The second kappa shape index (κ2) is 6.31. The van der Waals surface area contributed by atoms with E-state index in [1.165, 1.54) is 0 Å². The zero-order chi connectivity index (χ0) is 15.5. The van der Waals surface area contributed by atoms with E-state index in [0.29, 0.717) is 11.4 Å². The van der Waals surface area contributed by atoms with Gasteiger partial charge in [-0.15, -0.1) is 0 Å². The topological polar surface area (TPSA) is 29.1 Å². The van der Waals surface area contributed by atoms with Crippen molar-refractivity contribution in [1.29, 1.82) is 0 Å². The van der Waals surface area contributed by atoms with Crippen molar-refractivity contribution >= 4 is 23.2 Å². The van der Waals surface area contributed by atoms with Crippen molar-refractivity contribution in [2.45, 2.75) is 27.2 Å². The maximum absolute atomic E-state index is 12.5. The van der Waals surface area contributed by atoms with Crippen molar-refractivity contribution in [2.75, 3.05) is 5.32 Å². The third-order valence-corrected chi connectivity index (χ3v) is 3.79. The predicted octanol–water partition coefficient (Wildman–Crippen LogP) is 4.86. The fraction of sp³-hybridized carbons (Fsp3) is 0.278. The molecular weight excluding hydrogens is 282 g/mol. The summed E-state index contributed by atoms with van der Waals surface area (Å²) in [7, 11) is 0. The van der Waals surface area contributed by atoms with E-state index < -0.39 is 5.41 Å². The molecular formula is C18H20ClNO. The molecule has 0 radical (unpaired) electrons. The third kappa shape index (κ3) is 4.08. The van der Waals surface area contributed by atoms with Crippen molar-refractivity contribution in [3.05, 3.63) is 64.7 Å². The number of benzene rings is 2. The minimum absolute atomic E-state index is 0.00304. The van der Waals surface area contributed by atoms with Crippen LogP contribution in [0.3, 0.4) is 0 Å². The summed E-state index contributed by atoms with van der Waals surface area (Å²) >= 11 is 5.99. The summed E-state index contributed by atoms with van der Waals surface area (Å²) in [6.07, 6.45) is 0.694. The number of anilines is 1. The molecule has 110 valence electrons. The van der Waals surface area contributed by atoms with Crippen molar-refractivity contribution < 1.29 is 4.79 Å². The van der Waals surface area contributed by atoms with Crippen LogP contribution in [-0.4, -0.2) is 5.91 Å². The molecule has 0 atom stereocenters. The average Bonchev–Trinajstić information content (AvgIpc) is 2.43. The predicted molar refractivity (Wildman–Crippen MR) is 88.7 cm³/mol. The molecule has 0 aliphatic heterocycles. The van der Waals surface area contributed by atoms with Crippen molar-refractivity contribution in [1.82, 2.24) is 0 Å². The average molecular weight is 302 g/mol. The van der Waals surface area contributed by atoms with E-state index in [1.807, 2.05) is 63.2 Å². The van der Waals surface area contributed by atoms with Crippen molar-refractivity contribution in [3.63, 3.8) is 0 Å². The Kier molecular flexibility index (Phi) is 4.69. The summed E-state index contributed by atoms with van der Waals surface area (Å²) in [5.74, 6) is -0.00304. The van der Waals surface area contributed by atoms with Crippen LogP contribution in [0.15, 0.2) is 48.5 Å². The Morgan fingerprint density at radius 1 is 1.14 bits per heavy atom. The highest BCUT2D eigenvalue weighted by molar-refractivity contribution is 6.31. The number of hydrogen-bond donors (Lipinski definition) is 1. The number of nitrogens with one attached hydrogen (secondary N) is 1. The van der Waals surface area contributed by atoms with Crippen LogP contribution in [0.1, 0.15) is 25.0 Å². The molecule has 0 unspecified atom stereocenters. The van der Waals surface area contributed by atoms with Crippen LogP contribution in [-0.2, 0) is 11.2 Å². The molecule has 0 aromatic heterocycles. The van der Waals surface area contributed by atoms with Gasteiger partial charge in [0.2, 0.25) is 5.91 Å². The molecule has 0 aliphatic carbocycles. The number of aryl methyl sites for hydroxylation is 1. The molecule has 2 nitrogen and oxygen atoms in total. The Bertz CT molecular complexity index is 635. The first kappa shape index (κ1) is 15.6. The summed E-state index contributed by atoms with van der Waals surface area (Å²) in [6.45, 7) is 5.86. The zero-order valence-electron chi connectivity index (χ0n) is 12.6. The highest BCUT2D eigenvalue weighted by atomic mass is 35.5. The van der Waals surface area contributed by atoms with Gasteiger partial charge in [-0.05, 0) is 36.6 Å². The van der Waals surface area contributed by atoms with E-state index >= 15 is 0 Å². The minimum Gasteiger partial charge on any atom is -0.325 e. The fourth-order valence-corrected chi connectivity index (χ4v) is 2.38. The molecule has 0 bridgehead atoms. The second-order valence-electron chi connectivity index (χ2n) is 5.96. The number of rotatable bonds is 4. The smallest absolute Gasteiger partial charge is 0.230 e. The minimum atomic E-state index is -0.490. The normalized spacial score (nSPS) is 11.2. The lowest BCUT2D eigenvalue weighted by Crippen LogP contribution is -2.33. The summed E-state index contributed by atoms with van der Waals surface area (Å²) in [5.41, 5.74) is 2.44. The summed E-state index contributed by atoms with van der Waals surface area (Å²) in [6, 6.07) is 15.6. The number of carbonyl (C=O) groups excluding carboxylic acids is 1. The molecule has 2 aromatic rings. The van der Waals surface area contributed by atoms with Gasteiger partial charge in [0.1, 0.15) is 0 Å². The summed E-state index contributed by atoms with van der Waals surface area (Å²) in [4.78, 5) is 12.5. The first-order valence-corrected chi connectivity index (χ1v) is 7.38. The molecule has 21 heavy (non-hydrogen) atoms. The molecule has 0 saturated carbocycles. The highest BCUT2D eigenvalue weighted by Crippen LogP contribution is 2.26. The fourth-order valence-electron chi connectivity index (χ4n) is 2.21. The molecule has 0 spiro atoms. The van der Waals surface area contributed by atoms with Crippen LogP contribution in [0.4, 0.5) is 5.69 Å². The quantitative estimate of drug-likeness (QED) is 0.859. The van der Waals surface area contributed by atoms with Gasteiger partial charge < -0.3 is 5.32 Å². The van der Waals surface area contributed by atoms with Crippen LogP contribution in [0.2, 0.25) is 5.02 Å². The van der Waals surface area contributed by atoms with E-state index in [0.717, 1.165) is 16.8 Å². The van der Waals surface area contributed by atoms with Gasteiger partial charge in [-0.25, -0.2) is 0 Å². The summed E-state index contributed by atoms with van der Waals surface area (Å²) in [5, 5.41) is 3.61. The molecule has 0 aliphatic rings. The molecule has 3 heteroatoms. The van der Waals surface area contributed by atoms with Gasteiger partial charge in [0.05, 0.1) is 0 Å². The second-order valence-corrected chi connectivity index (χ2v) is 6.40. The van der Waals surface area contributed by atoms with E-state index in [9.17, 15) is 4.79 Å². The lowest BCUT2D eigenvalue weighted by Gasteiger charge is -2.24. The lowest BCUT2D eigenvalue weighted by molar-refractivity contribution is -0.123. The number of hydrogen-bond acceptors (Lipinski definition) is 1. The molecule has 0 fully saturated rings. The van der Waals surface area contributed by atoms with Crippen LogP contribution < -0.4 is 5.32 Å². The Balaban J connectivity index is 2.13. The molecule has 0 saturated heterocycles. The molecule has 1 N–H and O–H groups in total. The van der Waals surface area contributed by atoms with E-state index in [2.05, 4.69) is 5.32 Å². The van der Waals surface area contributed by atoms with Crippen LogP contribution in [0, 0.1) is 12.3 Å². The molecule has 0 heterocycles. The molecule has 2 rings (SSSR count). The Morgan fingerprint density at radius 2 is 1.81 bits per heavy atom. The van der Waals surface area contributed by atoms with Gasteiger partial charge in [0.15, 0.2) is 0 Å². The Labute approximate surface area is 131 Å². The van der Waals surface area contributed by atoms with Gasteiger partial charge >= 0.3 is 0 Å². The van der Waals surface area contributed by atoms with E-state index in [-0.39, 0.29) is 5.91 Å². The van der Waals surface area contributed by atoms with Gasteiger partial charge in [-0.3, -0.25) is 4.79 Å². The van der Waals surface area contributed by atoms with Gasteiger partial charge in [0, 0.05) is 16.1 Å². The van der Waals surface area contributed by atoms with E-state index in [1.54, 1.807) is 6.07 Å². The van der Waals surface area contributed by atoms with Gasteiger partial charge in [0.25, 0.3) is 0 Å². The lowest BCUT2D eigenvalue weighted by atomic mass is 9.84. The third-order valence-electron chi connectivity index (χ3n) is 3.55. The van der Waals surface area contributed by atoms with E-state index in [4.69, 9.17) is 11.6 Å². The number of carbonyl (C=O) groups is 1. The van der Waals surface area contributed by atoms with Crippen LogP contribution in [0.25, 0.3) is 0 Å². The first-order chi connectivity index (χ1) is 9.88. The molecule has 1 amide bonds. The summed E-state index contributed by atoms with van der Waals surface area (Å²) < 4.78 is 0. The highest BCUT2D eigenvalue weighted by Gasteiger charge is 2.28. The monoisotopic (exact) mass is 301 g/mol. The zero-order valence-corrected chi connectivity index (χ0v) is 13.4. The largest absolute Gasteiger partial charge is 0.325 e. The number of halogens is 1. The number of amides is 1. The Hall–Kier alpha value is -1.80. The van der Waals surface area contributed by atoms with Crippen molar-refractivity contribution in [2.24, 2.45) is 5.41 Å². The first-order valence-electron chi connectivity index (χ1n) is 7.00. The SMILES string of the molecule is Cc1ccc(Cl)cc1NC(=O)C(C)(C)Cc1ccccc1. The van der Waals surface area contributed by atoms with Crippen LogP contribution >= 0.6 is 11.6 Å². The standard InChI is InChI=1S/C18H20ClNO/c1-13-9-10-15(19)11-16(13)20-17(21)18(2,3)12-14-7-5-4-6-8-14/h4-11H,12H2,1-3H3,(H,20,21). The van der Waals surface area contributed by atoms with Crippen molar-refractivity contribution in [3.8, 4) is 0 Å².